The Hall–Kier alpha value is -7.74. The number of nitrogens with zero attached hydrogens (tertiary/aromatic N) is 1. The first-order chi connectivity index (χ1) is 32.1. The zero-order valence-electron chi connectivity index (χ0n) is 38.4. The molecule has 1 nitrogen and oxygen atoms in total. The third-order valence-corrected chi connectivity index (χ3v) is 13.8. The molecule has 0 spiro atoms. The molecule has 10 aromatic carbocycles. The highest BCUT2D eigenvalue weighted by molar-refractivity contribution is 6.09. The lowest BCUT2D eigenvalue weighted by Gasteiger charge is -2.33. The van der Waals surface area contributed by atoms with E-state index < -0.39 is 0 Å². The van der Waals surface area contributed by atoms with E-state index in [1.165, 1.54) is 66.4 Å². The van der Waals surface area contributed by atoms with Crippen LogP contribution in [0, 0.1) is 0 Å². The van der Waals surface area contributed by atoms with Crippen LogP contribution in [0.1, 0.15) is 51.3 Å². The van der Waals surface area contributed by atoms with Crippen LogP contribution >= 0.6 is 0 Å². The van der Waals surface area contributed by atoms with Gasteiger partial charge in [-0.05, 0) is 113 Å². The topological polar surface area (TPSA) is 3.24 Å². The second-order valence-corrected chi connectivity index (χ2v) is 19.3. The van der Waals surface area contributed by atoms with Crippen LogP contribution in [0.2, 0.25) is 0 Å². The number of rotatable bonds is 8. The Morgan fingerprint density at radius 3 is 1.50 bits per heavy atom. The smallest absolute Gasteiger partial charge is 0.0619 e. The lowest BCUT2D eigenvalue weighted by Crippen LogP contribution is -2.16. The highest BCUT2D eigenvalue weighted by Gasteiger charge is 2.36. The van der Waals surface area contributed by atoms with Crippen LogP contribution in [-0.2, 0) is 10.8 Å². The lowest BCUT2D eigenvalue weighted by atomic mass is 9.82. The Balaban J connectivity index is 1.25. The summed E-state index contributed by atoms with van der Waals surface area (Å²) in [7, 11) is 0. The van der Waals surface area contributed by atoms with E-state index in [1.54, 1.807) is 0 Å². The van der Waals surface area contributed by atoms with Crippen LogP contribution in [0.4, 0.5) is 17.1 Å². The molecule has 66 heavy (non-hydrogen) atoms. The average Bonchev–Trinajstić information content (AvgIpc) is 3.59. The summed E-state index contributed by atoms with van der Waals surface area (Å²) in [6.45, 7) is 11.6. The van der Waals surface area contributed by atoms with E-state index in [0.29, 0.717) is 0 Å². The molecule has 0 saturated carbocycles. The number of anilines is 3. The third kappa shape index (κ3) is 7.22. The largest absolute Gasteiger partial charge is 0.309 e. The van der Waals surface area contributed by atoms with Gasteiger partial charge in [0.25, 0.3) is 0 Å². The van der Waals surface area contributed by atoms with Gasteiger partial charge in [0.15, 0.2) is 0 Å². The van der Waals surface area contributed by atoms with E-state index in [-0.39, 0.29) is 10.8 Å². The van der Waals surface area contributed by atoms with Crippen molar-refractivity contribution in [2.75, 3.05) is 4.90 Å². The molecule has 1 heteroatoms. The van der Waals surface area contributed by atoms with Gasteiger partial charge >= 0.3 is 0 Å². The fourth-order valence-corrected chi connectivity index (χ4v) is 10.3. The summed E-state index contributed by atoms with van der Waals surface area (Å²) in [6, 6.07) is 85.6. The monoisotopic (exact) mass is 847 g/mol. The second-order valence-electron chi connectivity index (χ2n) is 19.3. The molecule has 0 unspecified atom stereocenters. The zero-order valence-corrected chi connectivity index (χ0v) is 38.4. The third-order valence-electron chi connectivity index (χ3n) is 13.8. The molecule has 318 valence electrons. The molecule has 0 amide bonds. The van der Waals surface area contributed by atoms with Crippen molar-refractivity contribution in [3.63, 3.8) is 0 Å². The van der Waals surface area contributed by atoms with Crippen LogP contribution < -0.4 is 4.90 Å². The Bertz CT molecular complexity index is 3310. The van der Waals surface area contributed by atoms with Gasteiger partial charge in [0.05, 0.1) is 11.4 Å². The Morgan fingerprint density at radius 1 is 0.364 bits per heavy atom. The van der Waals surface area contributed by atoms with Gasteiger partial charge in [0.1, 0.15) is 0 Å². The molecule has 0 fully saturated rings. The molecule has 0 bridgehead atoms. The molecule has 0 atom stereocenters. The first kappa shape index (κ1) is 41.0. The minimum Gasteiger partial charge on any atom is -0.309 e. The molecule has 0 N–H and O–H groups in total. The number of fused-ring (bicyclic) bond motifs is 4. The highest BCUT2D eigenvalue weighted by atomic mass is 15.2. The van der Waals surface area contributed by atoms with Gasteiger partial charge in [0.2, 0.25) is 0 Å². The van der Waals surface area contributed by atoms with E-state index in [0.717, 1.165) is 44.9 Å². The number of hydrogen-bond acceptors (Lipinski definition) is 1. The molecule has 0 saturated heterocycles. The molecule has 0 radical (unpaired) electrons. The van der Waals surface area contributed by atoms with Crippen LogP contribution in [0.5, 0.6) is 0 Å². The fourth-order valence-electron chi connectivity index (χ4n) is 10.3. The Morgan fingerprint density at radius 2 is 0.864 bits per heavy atom. The molecule has 0 aromatic heterocycles. The lowest BCUT2D eigenvalue weighted by molar-refractivity contribution is 0.590. The quantitative estimate of drug-likeness (QED) is 0.147. The maximum absolute atomic E-state index is 2.58. The summed E-state index contributed by atoms with van der Waals surface area (Å²) in [4.78, 5) is 2.58. The van der Waals surface area contributed by atoms with Crippen molar-refractivity contribution in [1.29, 1.82) is 0 Å². The SMILES string of the molecule is CC(C)(C)c1ccc(-c2cc(-c3ccccc3)c(N(c3ccc4c(c3)-c3ccccc3C4(C)C)c3ccc4ccccc4c3-c3ccc(-c4ccccc4)cc3)c(-c3ccccc3)c2)cc1. The fraction of sp³-hybridized carbons (Fsp3) is 0.108. The van der Waals surface area contributed by atoms with Gasteiger partial charge < -0.3 is 4.90 Å². The van der Waals surface area contributed by atoms with E-state index in [4.69, 9.17) is 0 Å². The van der Waals surface area contributed by atoms with Gasteiger partial charge in [-0.2, -0.15) is 0 Å². The molecule has 1 aliphatic carbocycles. The molecule has 1 aliphatic rings. The molecule has 10 aromatic rings. The van der Waals surface area contributed by atoms with E-state index in [2.05, 4.69) is 270 Å². The van der Waals surface area contributed by atoms with Crippen molar-refractivity contribution in [3.05, 3.63) is 247 Å². The molecular weight excluding hydrogens is 795 g/mol. The highest BCUT2D eigenvalue weighted by Crippen LogP contribution is 2.55. The minimum absolute atomic E-state index is 0.0539. The van der Waals surface area contributed by atoms with Gasteiger partial charge in [-0.15, -0.1) is 0 Å². The number of benzene rings is 10. The van der Waals surface area contributed by atoms with Crippen molar-refractivity contribution in [1.82, 2.24) is 0 Å². The standard InChI is InChI=1S/C65H53N/c1-64(2,3)52-36-33-46(34-37-52)51-41-56(47-21-11-7-12-22-47)63(57(42-51)48-23-13-8-14-24-48)66(53-38-39-60-58(43-53)55-27-17-18-28-59(55)65(60,4)5)61-40-35-49-25-15-16-26-54(49)62(61)50-31-29-45(30-32-50)44-19-9-6-10-20-44/h6-43H,1-5H3. The Labute approximate surface area is 390 Å². The first-order valence-corrected chi connectivity index (χ1v) is 23.3. The van der Waals surface area contributed by atoms with Gasteiger partial charge in [-0.3, -0.25) is 0 Å². The average molecular weight is 848 g/mol. The van der Waals surface area contributed by atoms with Gasteiger partial charge in [-0.1, -0.05) is 235 Å². The summed E-state index contributed by atoms with van der Waals surface area (Å²) < 4.78 is 0. The summed E-state index contributed by atoms with van der Waals surface area (Å²) in [5.41, 5.74) is 21.7. The predicted octanol–water partition coefficient (Wildman–Crippen LogP) is 18.2. The molecular formula is C65H53N. The van der Waals surface area contributed by atoms with Crippen LogP contribution in [0.15, 0.2) is 231 Å². The Kier molecular flexibility index (Phi) is 10.2. The summed E-state index contributed by atoms with van der Waals surface area (Å²) in [6.07, 6.45) is 0. The van der Waals surface area contributed by atoms with Crippen molar-refractivity contribution >= 4 is 27.8 Å². The van der Waals surface area contributed by atoms with E-state index in [1.807, 2.05) is 0 Å². The second kappa shape index (κ2) is 16.4. The van der Waals surface area contributed by atoms with E-state index >= 15 is 0 Å². The normalized spacial score (nSPS) is 12.7. The van der Waals surface area contributed by atoms with Crippen molar-refractivity contribution in [3.8, 4) is 66.8 Å². The zero-order chi connectivity index (χ0) is 45.0. The van der Waals surface area contributed by atoms with Gasteiger partial charge in [0, 0.05) is 27.8 Å². The maximum Gasteiger partial charge on any atom is 0.0619 e. The summed E-state index contributed by atoms with van der Waals surface area (Å²) in [5.74, 6) is 0. The number of hydrogen-bond donors (Lipinski definition) is 0. The first-order valence-electron chi connectivity index (χ1n) is 23.3. The van der Waals surface area contributed by atoms with Crippen LogP contribution in [0.25, 0.3) is 77.5 Å². The van der Waals surface area contributed by atoms with Crippen molar-refractivity contribution < 1.29 is 0 Å². The summed E-state index contributed by atoms with van der Waals surface area (Å²) >= 11 is 0. The molecule has 0 heterocycles. The predicted molar refractivity (Wildman–Crippen MR) is 282 cm³/mol. The van der Waals surface area contributed by atoms with Crippen molar-refractivity contribution in [2.24, 2.45) is 0 Å². The summed E-state index contributed by atoms with van der Waals surface area (Å²) in [5, 5.41) is 2.41. The minimum atomic E-state index is -0.127. The molecule has 0 aliphatic heterocycles. The molecule has 11 rings (SSSR count). The maximum atomic E-state index is 2.58. The van der Waals surface area contributed by atoms with Crippen LogP contribution in [-0.4, -0.2) is 0 Å². The van der Waals surface area contributed by atoms with Gasteiger partial charge in [-0.25, -0.2) is 0 Å². The van der Waals surface area contributed by atoms with E-state index in [9.17, 15) is 0 Å². The van der Waals surface area contributed by atoms with Crippen LogP contribution in [0.3, 0.4) is 0 Å². The van der Waals surface area contributed by atoms with Crippen molar-refractivity contribution in [2.45, 2.75) is 45.4 Å².